The SMILES string of the molecule is C=C/C=C(\C)CN1Cc2cc(CNCCCOC)cc(C)c2C1=O. The van der Waals surface area contributed by atoms with Crippen LogP contribution in [-0.4, -0.2) is 37.6 Å². The molecule has 1 aliphatic rings. The van der Waals surface area contributed by atoms with Gasteiger partial charge in [0.15, 0.2) is 0 Å². The van der Waals surface area contributed by atoms with Crippen LogP contribution < -0.4 is 5.32 Å². The first-order valence-electron chi connectivity index (χ1n) is 8.46. The van der Waals surface area contributed by atoms with Crippen LogP contribution in [0.1, 0.15) is 40.4 Å². The van der Waals surface area contributed by atoms with Gasteiger partial charge >= 0.3 is 0 Å². The summed E-state index contributed by atoms with van der Waals surface area (Å²) in [5, 5.41) is 3.43. The summed E-state index contributed by atoms with van der Waals surface area (Å²) < 4.78 is 5.05. The van der Waals surface area contributed by atoms with Gasteiger partial charge in [0.05, 0.1) is 0 Å². The molecule has 0 radical (unpaired) electrons. The van der Waals surface area contributed by atoms with Gasteiger partial charge in [-0.2, -0.15) is 0 Å². The van der Waals surface area contributed by atoms with Crippen molar-refractivity contribution in [3.05, 3.63) is 58.7 Å². The van der Waals surface area contributed by atoms with E-state index in [1.165, 1.54) is 5.56 Å². The lowest BCUT2D eigenvalue weighted by Crippen LogP contribution is -2.25. The monoisotopic (exact) mass is 328 g/mol. The van der Waals surface area contributed by atoms with Crippen molar-refractivity contribution in [2.24, 2.45) is 0 Å². The smallest absolute Gasteiger partial charge is 0.255 e. The lowest BCUT2D eigenvalue weighted by molar-refractivity contribution is 0.0792. The highest BCUT2D eigenvalue weighted by Gasteiger charge is 2.29. The normalized spacial score (nSPS) is 14.2. The minimum Gasteiger partial charge on any atom is -0.385 e. The second-order valence-electron chi connectivity index (χ2n) is 6.38. The molecular weight excluding hydrogens is 300 g/mol. The number of nitrogens with zero attached hydrogens (tertiary/aromatic N) is 1. The van der Waals surface area contributed by atoms with Crippen molar-refractivity contribution in [3.8, 4) is 0 Å². The lowest BCUT2D eigenvalue weighted by atomic mass is 10.0. The van der Waals surface area contributed by atoms with Crippen LogP contribution in [0.15, 0.2) is 36.4 Å². The zero-order valence-electron chi connectivity index (χ0n) is 15.0. The van der Waals surface area contributed by atoms with Crippen LogP contribution in [0.4, 0.5) is 0 Å². The van der Waals surface area contributed by atoms with E-state index in [0.29, 0.717) is 13.1 Å². The van der Waals surface area contributed by atoms with Crippen LogP contribution in [0.2, 0.25) is 0 Å². The number of amides is 1. The molecule has 1 aliphatic heterocycles. The van der Waals surface area contributed by atoms with E-state index < -0.39 is 0 Å². The Kier molecular flexibility index (Phi) is 6.76. The first kappa shape index (κ1) is 18.4. The van der Waals surface area contributed by atoms with Gasteiger partial charge in [-0.3, -0.25) is 4.79 Å². The summed E-state index contributed by atoms with van der Waals surface area (Å²) in [7, 11) is 1.72. The average Bonchev–Trinajstić information content (AvgIpc) is 2.83. The number of rotatable bonds is 9. The third-order valence-electron chi connectivity index (χ3n) is 4.21. The lowest BCUT2D eigenvalue weighted by Gasteiger charge is -2.15. The molecule has 0 atom stereocenters. The van der Waals surface area contributed by atoms with Crippen molar-refractivity contribution in [2.75, 3.05) is 26.8 Å². The highest BCUT2D eigenvalue weighted by atomic mass is 16.5. The van der Waals surface area contributed by atoms with Crippen molar-refractivity contribution in [1.29, 1.82) is 0 Å². The van der Waals surface area contributed by atoms with E-state index in [2.05, 4.69) is 24.0 Å². The molecule has 130 valence electrons. The Labute approximate surface area is 145 Å². The van der Waals surface area contributed by atoms with E-state index in [9.17, 15) is 4.79 Å². The highest BCUT2D eigenvalue weighted by molar-refractivity contribution is 6.00. The van der Waals surface area contributed by atoms with E-state index in [1.54, 1.807) is 13.2 Å². The van der Waals surface area contributed by atoms with Crippen molar-refractivity contribution in [1.82, 2.24) is 10.2 Å². The number of allylic oxidation sites excluding steroid dienone is 2. The first-order chi connectivity index (χ1) is 11.6. The molecule has 2 rings (SSSR count). The first-order valence-corrected chi connectivity index (χ1v) is 8.46. The maximum absolute atomic E-state index is 12.6. The number of ether oxygens (including phenoxy) is 1. The topological polar surface area (TPSA) is 41.6 Å². The third-order valence-corrected chi connectivity index (χ3v) is 4.21. The van der Waals surface area contributed by atoms with Crippen LogP contribution >= 0.6 is 0 Å². The molecule has 4 heteroatoms. The molecule has 0 saturated carbocycles. The summed E-state index contributed by atoms with van der Waals surface area (Å²) in [6.45, 7) is 11.6. The number of fused-ring (bicyclic) bond motifs is 1. The van der Waals surface area contributed by atoms with Crippen LogP contribution in [0, 0.1) is 6.92 Å². The number of aryl methyl sites for hydroxylation is 1. The maximum atomic E-state index is 12.6. The van der Waals surface area contributed by atoms with Gasteiger partial charge < -0.3 is 15.0 Å². The minimum absolute atomic E-state index is 0.138. The largest absolute Gasteiger partial charge is 0.385 e. The molecule has 1 N–H and O–H groups in total. The predicted molar refractivity (Wildman–Crippen MR) is 98.1 cm³/mol. The van der Waals surface area contributed by atoms with Gasteiger partial charge in [-0.15, -0.1) is 0 Å². The fraction of sp³-hybridized carbons (Fsp3) is 0.450. The van der Waals surface area contributed by atoms with Crippen molar-refractivity contribution in [2.45, 2.75) is 33.4 Å². The van der Waals surface area contributed by atoms with E-state index in [4.69, 9.17) is 4.74 Å². The number of methoxy groups -OCH3 is 1. The van der Waals surface area contributed by atoms with Crippen LogP contribution in [0.5, 0.6) is 0 Å². The number of nitrogens with one attached hydrogen (secondary N) is 1. The van der Waals surface area contributed by atoms with Gasteiger partial charge in [0.2, 0.25) is 0 Å². The Morgan fingerprint density at radius 3 is 2.96 bits per heavy atom. The third kappa shape index (κ3) is 4.56. The van der Waals surface area contributed by atoms with Crippen molar-refractivity contribution >= 4 is 5.91 Å². The molecule has 24 heavy (non-hydrogen) atoms. The molecule has 0 spiro atoms. The Hall–Kier alpha value is -1.91. The molecule has 4 nitrogen and oxygen atoms in total. The number of hydrogen-bond acceptors (Lipinski definition) is 3. The molecule has 0 aromatic heterocycles. The predicted octanol–water partition coefficient (Wildman–Crippen LogP) is 3.21. The van der Waals surface area contributed by atoms with Gasteiger partial charge in [0.25, 0.3) is 5.91 Å². The second kappa shape index (κ2) is 8.81. The molecule has 1 heterocycles. The number of carbonyl (C=O) groups is 1. The van der Waals surface area contributed by atoms with Crippen LogP contribution in [0.3, 0.4) is 0 Å². The van der Waals surface area contributed by atoms with Gasteiger partial charge in [-0.25, -0.2) is 0 Å². The van der Waals surface area contributed by atoms with E-state index in [1.807, 2.05) is 24.8 Å². The summed E-state index contributed by atoms with van der Waals surface area (Å²) in [5.74, 6) is 0.138. The maximum Gasteiger partial charge on any atom is 0.255 e. The molecule has 1 aromatic rings. The molecule has 0 unspecified atom stereocenters. The Morgan fingerprint density at radius 2 is 2.25 bits per heavy atom. The molecule has 0 aliphatic carbocycles. The summed E-state index contributed by atoms with van der Waals surface area (Å²) in [6, 6.07) is 4.28. The molecule has 0 saturated heterocycles. The quantitative estimate of drug-likeness (QED) is 0.559. The summed E-state index contributed by atoms with van der Waals surface area (Å²) in [5.41, 5.74) is 5.46. The van der Waals surface area contributed by atoms with E-state index >= 15 is 0 Å². The number of hydrogen-bond donors (Lipinski definition) is 1. The standard InChI is InChI=1S/C20H28N2O2/c1-5-7-15(2)13-22-14-18-11-17(12-21-8-6-9-24-4)10-16(3)19(18)20(22)23/h5,7,10-11,21H,1,6,8-9,12-14H2,2-4H3/b15-7+. The Bertz CT molecular complexity index is 635. The minimum atomic E-state index is 0.138. The van der Waals surface area contributed by atoms with E-state index in [0.717, 1.165) is 48.4 Å². The van der Waals surface area contributed by atoms with Gasteiger partial charge in [0, 0.05) is 38.9 Å². The van der Waals surface area contributed by atoms with Gasteiger partial charge in [-0.05, 0) is 43.5 Å². The molecule has 1 aromatic carbocycles. The molecule has 0 fully saturated rings. The zero-order valence-corrected chi connectivity index (χ0v) is 15.0. The zero-order chi connectivity index (χ0) is 17.5. The van der Waals surface area contributed by atoms with Crippen LogP contribution in [0.25, 0.3) is 0 Å². The van der Waals surface area contributed by atoms with Crippen LogP contribution in [-0.2, 0) is 17.8 Å². The van der Waals surface area contributed by atoms with E-state index in [-0.39, 0.29) is 5.91 Å². The Balaban J connectivity index is 2.03. The fourth-order valence-electron chi connectivity index (χ4n) is 3.17. The number of benzene rings is 1. The summed E-state index contributed by atoms with van der Waals surface area (Å²) >= 11 is 0. The Morgan fingerprint density at radius 1 is 1.46 bits per heavy atom. The molecular formula is C20H28N2O2. The fourth-order valence-corrected chi connectivity index (χ4v) is 3.17. The summed E-state index contributed by atoms with van der Waals surface area (Å²) in [4.78, 5) is 14.5. The van der Waals surface area contributed by atoms with Crippen molar-refractivity contribution < 1.29 is 9.53 Å². The molecule has 1 amide bonds. The van der Waals surface area contributed by atoms with Gasteiger partial charge in [-0.1, -0.05) is 36.4 Å². The molecule has 0 bridgehead atoms. The number of carbonyl (C=O) groups excluding carboxylic acids is 1. The average molecular weight is 328 g/mol. The highest BCUT2D eigenvalue weighted by Crippen LogP contribution is 2.27. The summed E-state index contributed by atoms with van der Waals surface area (Å²) in [6.07, 6.45) is 4.72. The van der Waals surface area contributed by atoms with Gasteiger partial charge in [0.1, 0.15) is 0 Å². The second-order valence-corrected chi connectivity index (χ2v) is 6.38. The van der Waals surface area contributed by atoms with Crippen molar-refractivity contribution in [3.63, 3.8) is 0 Å².